The van der Waals surface area contributed by atoms with Crippen molar-refractivity contribution >= 4 is 52.7 Å². The topological polar surface area (TPSA) is 118 Å². The maximum Gasteiger partial charge on any atom is 0.578 e. The number of benzene rings is 1. The highest BCUT2D eigenvalue weighted by molar-refractivity contribution is 9.18. The Morgan fingerprint density at radius 1 is 1.23 bits per heavy atom. The maximum absolute atomic E-state index is 12.8. The summed E-state index contributed by atoms with van der Waals surface area (Å²) in [5.41, 5.74) is -5.52. The van der Waals surface area contributed by atoms with Gasteiger partial charge in [-0.2, -0.15) is 13.2 Å². The molecule has 190 valence electrons. The zero-order valence-corrected chi connectivity index (χ0v) is 20.4. The molecule has 2 aromatic heterocycles. The number of fused-ring (bicyclic) bond motifs is 1. The van der Waals surface area contributed by atoms with Crippen LogP contribution in [-0.2, 0) is 25.9 Å². The molecule has 3 rings (SSSR count). The summed E-state index contributed by atoms with van der Waals surface area (Å²) in [5.74, 6) is -0.769. The zero-order chi connectivity index (χ0) is 26.2. The lowest BCUT2D eigenvalue weighted by atomic mass is 10.2. The molecule has 0 radical (unpaired) electrons. The number of nitrogens with zero attached hydrogens (tertiary/aromatic N) is 3. The van der Waals surface area contributed by atoms with E-state index < -0.39 is 54.8 Å². The Hall–Kier alpha value is -2.37. The number of pyridine rings is 1. The molecule has 8 nitrogen and oxygen atoms in total. The molecule has 0 aliphatic rings. The van der Waals surface area contributed by atoms with Crippen molar-refractivity contribution in [3.8, 4) is 11.6 Å². The van der Waals surface area contributed by atoms with Crippen LogP contribution in [0.15, 0.2) is 49.8 Å². The van der Waals surface area contributed by atoms with Gasteiger partial charge in [-0.1, -0.05) is 12.1 Å². The van der Waals surface area contributed by atoms with Crippen molar-refractivity contribution in [1.29, 1.82) is 0 Å². The lowest BCUT2D eigenvalue weighted by Gasteiger charge is -2.11. The van der Waals surface area contributed by atoms with Crippen molar-refractivity contribution in [1.82, 2.24) is 9.97 Å². The summed E-state index contributed by atoms with van der Waals surface area (Å²) in [7, 11) is -4.01. The van der Waals surface area contributed by atoms with Crippen molar-refractivity contribution in [3.63, 3.8) is 0 Å². The van der Waals surface area contributed by atoms with Gasteiger partial charge in [0.15, 0.2) is 24.9 Å². The first kappa shape index (κ1) is 27.2. The van der Waals surface area contributed by atoms with E-state index in [2.05, 4.69) is 35.9 Å². The summed E-state index contributed by atoms with van der Waals surface area (Å²) in [5, 5.41) is 3.23. The smallest absolute Gasteiger partial charge is 0.578 e. The second kappa shape index (κ2) is 9.94. The van der Waals surface area contributed by atoms with Gasteiger partial charge in [0.05, 0.1) is 21.8 Å². The predicted octanol–water partition coefficient (Wildman–Crippen LogP) is 4.95. The van der Waals surface area contributed by atoms with Gasteiger partial charge in [0.1, 0.15) is 11.2 Å². The highest BCUT2D eigenvalue weighted by Crippen LogP contribution is 2.34. The fraction of sp³-hybridized carbons (Fsp3) is 0.278. The molecule has 2 heterocycles. The van der Waals surface area contributed by atoms with E-state index in [4.69, 9.17) is 4.42 Å². The van der Waals surface area contributed by atoms with Crippen LogP contribution in [0.3, 0.4) is 0 Å². The molecule has 0 amide bonds. The third kappa shape index (κ3) is 6.45. The number of sulfone groups is 1. The minimum atomic E-state index is -5.00. The Morgan fingerprint density at radius 2 is 1.91 bits per heavy atom. The second-order valence-corrected chi connectivity index (χ2v) is 11.1. The fourth-order valence-corrected chi connectivity index (χ4v) is 4.63. The summed E-state index contributed by atoms with van der Waals surface area (Å²) in [6, 6.07) is 3.95. The maximum atomic E-state index is 12.8. The third-order valence-electron chi connectivity index (χ3n) is 4.16. The first-order valence-corrected chi connectivity index (χ1v) is 12.8. The van der Waals surface area contributed by atoms with Crippen LogP contribution in [0, 0.1) is 0 Å². The second-order valence-electron chi connectivity index (χ2n) is 6.61. The van der Waals surface area contributed by atoms with Gasteiger partial charge in [-0.25, -0.2) is 18.4 Å². The number of aromatic nitrogens is 2. The fourth-order valence-electron chi connectivity index (χ4n) is 2.58. The van der Waals surface area contributed by atoms with E-state index in [1.807, 2.05) is 0 Å². The summed E-state index contributed by atoms with van der Waals surface area (Å²) in [4.78, 5) is 11.1. The number of rotatable bonds is 7. The molecule has 0 fully saturated rings. The molecule has 0 spiro atoms. The molecule has 3 aromatic rings. The Kier molecular flexibility index (Phi) is 7.73. The van der Waals surface area contributed by atoms with E-state index >= 15 is 0 Å². The van der Waals surface area contributed by atoms with Crippen LogP contribution >= 0.6 is 15.9 Å². The first-order valence-electron chi connectivity index (χ1n) is 9.17. The van der Waals surface area contributed by atoms with Gasteiger partial charge in [-0.05, 0) is 34.1 Å². The first-order chi connectivity index (χ1) is 16.1. The van der Waals surface area contributed by atoms with E-state index in [1.165, 1.54) is 6.92 Å². The quantitative estimate of drug-likeness (QED) is 0.161. The third-order valence-corrected chi connectivity index (χ3v) is 7.61. The van der Waals surface area contributed by atoms with Gasteiger partial charge < -0.3 is 13.8 Å². The molecule has 0 N–H and O–H groups in total. The van der Waals surface area contributed by atoms with E-state index in [-0.39, 0.29) is 32.9 Å². The van der Waals surface area contributed by atoms with Crippen molar-refractivity contribution in [2.24, 2.45) is 5.16 Å². The van der Waals surface area contributed by atoms with Gasteiger partial charge >= 0.3 is 11.7 Å². The van der Waals surface area contributed by atoms with Crippen LogP contribution in [-0.4, -0.2) is 51.6 Å². The van der Waals surface area contributed by atoms with Crippen LogP contribution in [0.2, 0.25) is 0 Å². The summed E-state index contributed by atoms with van der Waals surface area (Å²) >= 11 is -0.437. The van der Waals surface area contributed by atoms with Crippen molar-refractivity contribution in [3.05, 3.63) is 36.0 Å². The highest BCUT2D eigenvalue weighted by Gasteiger charge is 2.46. The number of halogens is 7. The van der Waals surface area contributed by atoms with Gasteiger partial charge in [0.2, 0.25) is 12.5 Å². The van der Waals surface area contributed by atoms with Crippen LogP contribution in [0.5, 0.6) is 0 Å². The largest absolute Gasteiger partial charge is 0.604 e. The molecule has 0 saturated carbocycles. The molecule has 35 heavy (non-hydrogen) atoms. The van der Waals surface area contributed by atoms with Crippen molar-refractivity contribution in [2.45, 2.75) is 28.4 Å². The Bertz CT molecular complexity index is 1380. The monoisotopic (exact) mass is 607 g/mol. The molecule has 17 heteroatoms. The molecule has 1 unspecified atom stereocenters. The SMILES string of the molecule is CCS(=O)(=O)c1cc(C(Br)=NOCC(F)(F)F)cnc1-c1nc2cc([S+]([O-])C(F)(F)F)ccc2o1. The number of hydrogen-bond acceptors (Lipinski definition) is 8. The summed E-state index contributed by atoms with van der Waals surface area (Å²) in [6.45, 7) is -0.357. The minimum Gasteiger partial charge on any atom is -0.604 e. The Labute approximate surface area is 204 Å². The Morgan fingerprint density at radius 3 is 2.51 bits per heavy atom. The molecule has 0 aliphatic heterocycles. The lowest BCUT2D eigenvalue weighted by molar-refractivity contribution is -0.173. The van der Waals surface area contributed by atoms with Crippen LogP contribution < -0.4 is 0 Å². The molecular weight excluding hydrogens is 596 g/mol. The lowest BCUT2D eigenvalue weighted by Crippen LogP contribution is -2.23. The van der Waals surface area contributed by atoms with Crippen molar-refractivity contribution < 1.29 is 48.6 Å². The van der Waals surface area contributed by atoms with Gasteiger partial charge in [-0.15, -0.1) is 13.2 Å². The minimum absolute atomic E-state index is 0.0306. The van der Waals surface area contributed by atoms with Crippen molar-refractivity contribution in [2.75, 3.05) is 12.4 Å². The molecule has 0 bridgehead atoms. The molecular formula is C18H12BrF6N3O5S2. The normalized spacial score (nSPS) is 14.4. The summed E-state index contributed by atoms with van der Waals surface area (Å²) < 4.78 is 117. The van der Waals surface area contributed by atoms with Gasteiger partial charge in [0, 0.05) is 17.8 Å². The number of hydrogen-bond donors (Lipinski definition) is 0. The van der Waals surface area contributed by atoms with E-state index in [9.17, 15) is 39.3 Å². The van der Waals surface area contributed by atoms with E-state index in [0.717, 1.165) is 30.5 Å². The summed E-state index contributed by atoms with van der Waals surface area (Å²) in [6.07, 6.45) is -3.59. The predicted molar refractivity (Wildman–Crippen MR) is 115 cm³/mol. The number of oxime groups is 1. The van der Waals surface area contributed by atoms with E-state index in [0.29, 0.717) is 0 Å². The van der Waals surface area contributed by atoms with Crippen LogP contribution in [0.4, 0.5) is 26.3 Å². The zero-order valence-electron chi connectivity index (χ0n) is 17.1. The highest BCUT2D eigenvalue weighted by atomic mass is 79.9. The van der Waals surface area contributed by atoms with Crippen LogP contribution in [0.1, 0.15) is 12.5 Å². The average Bonchev–Trinajstić information content (AvgIpc) is 3.19. The standard InChI is InChI=1S/C18H12BrF6N3O5S2/c1-2-35(30,31)13-5-9(15(19)28-32-8-17(20,21)22)7-26-14(13)16-27-11-6-10(3-4-12(11)33-16)34(29)18(23,24)25/h3-7H,2,8H2,1H3. The van der Waals surface area contributed by atoms with E-state index in [1.54, 1.807) is 0 Å². The van der Waals surface area contributed by atoms with Gasteiger partial charge in [0.25, 0.3) is 0 Å². The molecule has 1 aromatic carbocycles. The average molecular weight is 608 g/mol. The van der Waals surface area contributed by atoms with Crippen LogP contribution in [0.25, 0.3) is 22.7 Å². The molecule has 0 aliphatic carbocycles. The van der Waals surface area contributed by atoms with Gasteiger partial charge in [-0.3, -0.25) is 0 Å². The molecule has 0 saturated heterocycles. The molecule has 1 atom stereocenters. The number of oxazole rings is 1. The number of alkyl halides is 6. The Balaban J connectivity index is 2.06.